The van der Waals surface area contributed by atoms with Gasteiger partial charge in [-0.05, 0) is 56.2 Å². The maximum absolute atomic E-state index is 12.1. The summed E-state index contributed by atoms with van der Waals surface area (Å²) in [5.41, 5.74) is 2.64. The molecule has 2 N–H and O–H groups in total. The lowest BCUT2D eigenvalue weighted by atomic mass is 10.1. The van der Waals surface area contributed by atoms with Gasteiger partial charge < -0.3 is 15.4 Å². The molecule has 0 atom stereocenters. The average molecular weight is 368 g/mol. The Labute approximate surface area is 158 Å². The van der Waals surface area contributed by atoms with Crippen molar-refractivity contribution in [2.45, 2.75) is 19.8 Å². The second-order valence-electron chi connectivity index (χ2n) is 6.15. The Kier molecular flexibility index (Phi) is 7.55. The predicted octanol–water partition coefficient (Wildman–Crippen LogP) is 2.72. The van der Waals surface area contributed by atoms with E-state index in [1.165, 1.54) is 7.11 Å². The molecular weight excluding hydrogens is 344 g/mol. The number of benzene rings is 2. The lowest BCUT2D eigenvalue weighted by Gasteiger charge is -2.07. The van der Waals surface area contributed by atoms with Crippen LogP contribution in [-0.4, -0.2) is 38.0 Å². The second kappa shape index (κ2) is 10.1. The number of aryl methyl sites for hydroxylation is 1. The number of esters is 1. The summed E-state index contributed by atoms with van der Waals surface area (Å²) in [6.45, 7) is 3.04. The van der Waals surface area contributed by atoms with Crippen LogP contribution in [0.3, 0.4) is 0 Å². The van der Waals surface area contributed by atoms with Crippen LogP contribution in [0.2, 0.25) is 0 Å². The molecule has 6 heteroatoms. The molecule has 2 aromatic rings. The van der Waals surface area contributed by atoms with E-state index in [9.17, 15) is 14.4 Å². The summed E-state index contributed by atoms with van der Waals surface area (Å²) < 4.78 is 4.62. The van der Waals surface area contributed by atoms with Crippen molar-refractivity contribution in [2.75, 3.05) is 20.2 Å². The molecule has 0 aliphatic carbocycles. The molecule has 0 saturated carbocycles. The van der Waals surface area contributed by atoms with Crippen molar-refractivity contribution in [3.63, 3.8) is 0 Å². The predicted molar refractivity (Wildman–Crippen MR) is 103 cm³/mol. The van der Waals surface area contributed by atoms with Crippen LogP contribution in [0, 0.1) is 6.92 Å². The number of rotatable bonds is 8. The van der Waals surface area contributed by atoms with Gasteiger partial charge in [0.2, 0.25) is 0 Å². The first-order chi connectivity index (χ1) is 13.0. The number of nitrogens with one attached hydrogen (secondary N) is 2. The van der Waals surface area contributed by atoms with Crippen LogP contribution in [0.5, 0.6) is 0 Å². The van der Waals surface area contributed by atoms with Gasteiger partial charge in [0.25, 0.3) is 11.8 Å². The van der Waals surface area contributed by atoms with Crippen LogP contribution >= 0.6 is 0 Å². The quantitative estimate of drug-likeness (QED) is 0.554. The molecule has 0 aliphatic rings. The molecule has 2 aromatic carbocycles. The SMILES string of the molecule is COC(=O)c1ccc(C(=O)NCCCCNC(=O)c2ccc(C)cc2)cc1. The first-order valence-electron chi connectivity index (χ1n) is 8.82. The van der Waals surface area contributed by atoms with E-state index in [0.717, 1.165) is 18.4 Å². The van der Waals surface area contributed by atoms with E-state index in [1.807, 2.05) is 19.1 Å². The fourth-order valence-electron chi connectivity index (χ4n) is 2.44. The molecule has 0 unspecified atom stereocenters. The summed E-state index contributed by atoms with van der Waals surface area (Å²) in [6, 6.07) is 13.7. The molecule has 0 heterocycles. The molecule has 2 amide bonds. The first-order valence-corrected chi connectivity index (χ1v) is 8.82. The van der Waals surface area contributed by atoms with Crippen molar-refractivity contribution >= 4 is 17.8 Å². The van der Waals surface area contributed by atoms with Crippen molar-refractivity contribution in [1.82, 2.24) is 10.6 Å². The van der Waals surface area contributed by atoms with Gasteiger partial charge in [-0.1, -0.05) is 17.7 Å². The van der Waals surface area contributed by atoms with E-state index >= 15 is 0 Å². The lowest BCUT2D eigenvalue weighted by Crippen LogP contribution is -2.27. The highest BCUT2D eigenvalue weighted by atomic mass is 16.5. The minimum atomic E-state index is -0.436. The smallest absolute Gasteiger partial charge is 0.337 e. The highest BCUT2D eigenvalue weighted by Crippen LogP contribution is 2.06. The zero-order valence-electron chi connectivity index (χ0n) is 15.6. The zero-order chi connectivity index (χ0) is 19.6. The number of ether oxygens (including phenoxy) is 1. The normalized spacial score (nSPS) is 10.1. The molecule has 0 saturated heterocycles. The Morgan fingerprint density at radius 2 is 1.15 bits per heavy atom. The molecular formula is C21H24N2O4. The Hall–Kier alpha value is -3.15. The summed E-state index contributed by atoms with van der Waals surface area (Å²) in [6.07, 6.45) is 1.51. The minimum Gasteiger partial charge on any atom is -0.465 e. The highest BCUT2D eigenvalue weighted by molar-refractivity contribution is 5.96. The van der Waals surface area contributed by atoms with Crippen LogP contribution in [0.25, 0.3) is 0 Å². The van der Waals surface area contributed by atoms with E-state index in [2.05, 4.69) is 15.4 Å². The Morgan fingerprint density at radius 3 is 1.59 bits per heavy atom. The zero-order valence-corrected chi connectivity index (χ0v) is 15.6. The molecule has 142 valence electrons. The number of hydrogen-bond acceptors (Lipinski definition) is 4. The van der Waals surface area contributed by atoms with Crippen molar-refractivity contribution in [3.8, 4) is 0 Å². The van der Waals surface area contributed by atoms with Gasteiger partial charge in [-0.25, -0.2) is 4.79 Å². The van der Waals surface area contributed by atoms with Gasteiger partial charge in [-0.2, -0.15) is 0 Å². The summed E-state index contributed by atoms with van der Waals surface area (Å²) >= 11 is 0. The second-order valence-corrected chi connectivity index (χ2v) is 6.15. The van der Waals surface area contributed by atoms with Crippen LogP contribution in [-0.2, 0) is 4.74 Å². The molecule has 0 spiro atoms. The molecule has 6 nitrogen and oxygen atoms in total. The van der Waals surface area contributed by atoms with E-state index in [1.54, 1.807) is 36.4 Å². The van der Waals surface area contributed by atoms with Gasteiger partial charge in [0.1, 0.15) is 0 Å². The van der Waals surface area contributed by atoms with Crippen LogP contribution in [0.15, 0.2) is 48.5 Å². The summed E-state index contributed by atoms with van der Waals surface area (Å²) in [5, 5.41) is 5.68. The van der Waals surface area contributed by atoms with Gasteiger partial charge in [0, 0.05) is 24.2 Å². The number of carbonyl (C=O) groups excluding carboxylic acids is 3. The summed E-state index contributed by atoms with van der Waals surface area (Å²) in [7, 11) is 1.31. The molecule has 27 heavy (non-hydrogen) atoms. The van der Waals surface area contributed by atoms with Gasteiger partial charge >= 0.3 is 5.97 Å². The van der Waals surface area contributed by atoms with Crippen molar-refractivity contribution in [1.29, 1.82) is 0 Å². The molecule has 0 fully saturated rings. The Bertz CT molecular complexity index is 783. The van der Waals surface area contributed by atoms with E-state index < -0.39 is 5.97 Å². The maximum atomic E-state index is 12.1. The number of unbranched alkanes of at least 4 members (excludes halogenated alkanes) is 1. The average Bonchev–Trinajstić information content (AvgIpc) is 2.70. The van der Waals surface area contributed by atoms with Crippen molar-refractivity contribution in [2.24, 2.45) is 0 Å². The molecule has 0 radical (unpaired) electrons. The molecule has 2 rings (SSSR count). The fourth-order valence-corrected chi connectivity index (χ4v) is 2.44. The van der Waals surface area contributed by atoms with Gasteiger partial charge in [0.15, 0.2) is 0 Å². The van der Waals surface area contributed by atoms with Crippen LogP contribution in [0.1, 0.15) is 49.5 Å². The number of carbonyl (C=O) groups is 3. The monoisotopic (exact) mass is 368 g/mol. The topological polar surface area (TPSA) is 84.5 Å². The van der Waals surface area contributed by atoms with Crippen LogP contribution < -0.4 is 10.6 Å². The third kappa shape index (κ3) is 6.26. The Morgan fingerprint density at radius 1 is 0.741 bits per heavy atom. The largest absolute Gasteiger partial charge is 0.465 e. The highest BCUT2D eigenvalue weighted by Gasteiger charge is 2.08. The van der Waals surface area contributed by atoms with E-state index in [4.69, 9.17) is 0 Å². The van der Waals surface area contributed by atoms with E-state index in [0.29, 0.717) is 29.8 Å². The van der Waals surface area contributed by atoms with Gasteiger partial charge in [-0.3, -0.25) is 9.59 Å². The standard InChI is InChI=1S/C21H24N2O4/c1-15-5-7-16(8-6-15)19(24)22-13-3-4-14-23-20(25)17-9-11-18(12-10-17)21(26)27-2/h5-12H,3-4,13-14H2,1-2H3,(H,22,24)(H,23,25). The van der Waals surface area contributed by atoms with Crippen molar-refractivity contribution < 1.29 is 19.1 Å². The van der Waals surface area contributed by atoms with Crippen molar-refractivity contribution in [3.05, 3.63) is 70.8 Å². The minimum absolute atomic E-state index is 0.0928. The fraction of sp³-hybridized carbons (Fsp3) is 0.286. The molecule has 0 aromatic heterocycles. The third-order valence-electron chi connectivity index (χ3n) is 4.06. The number of hydrogen-bond donors (Lipinski definition) is 2. The third-order valence-corrected chi connectivity index (χ3v) is 4.06. The Balaban J connectivity index is 1.64. The van der Waals surface area contributed by atoms with Crippen LogP contribution in [0.4, 0.5) is 0 Å². The lowest BCUT2D eigenvalue weighted by molar-refractivity contribution is 0.0600. The number of amides is 2. The first kappa shape index (κ1) is 20.2. The molecule has 0 bridgehead atoms. The molecule has 0 aliphatic heterocycles. The number of methoxy groups -OCH3 is 1. The summed E-state index contributed by atoms with van der Waals surface area (Å²) in [5.74, 6) is -0.727. The van der Waals surface area contributed by atoms with Gasteiger partial charge in [-0.15, -0.1) is 0 Å². The van der Waals surface area contributed by atoms with Gasteiger partial charge in [0.05, 0.1) is 12.7 Å². The van der Waals surface area contributed by atoms with E-state index in [-0.39, 0.29) is 11.8 Å². The maximum Gasteiger partial charge on any atom is 0.337 e. The summed E-state index contributed by atoms with van der Waals surface area (Å²) in [4.78, 5) is 35.4.